The highest BCUT2D eigenvalue weighted by Crippen LogP contribution is 2.36. The van der Waals surface area contributed by atoms with Gasteiger partial charge in [-0.25, -0.2) is 4.90 Å². The Labute approximate surface area is 178 Å². The largest absolute Gasteiger partial charge is 0.350 e. The normalized spacial score (nSPS) is 13.7. The second-order valence-corrected chi connectivity index (χ2v) is 7.21. The van der Waals surface area contributed by atoms with Crippen LogP contribution in [0.25, 0.3) is 5.57 Å². The van der Waals surface area contributed by atoms with E-state index in [4.69, 9.17) is 0 Å². The number of imide groups is 1. The second-order valence-electron chi connectivity index (χ2n) is 7.21. The van der Waals surface area contributed by atoms with Gasteiger partial charge in [-0.2, -0.15) is 0 Å². The van der Waals surface area contributed by atoms with E-state index in [1.165, 1.54) is 24.3 Å². The molecule has 31 heavy (non-hydrogen) atoms. The van der Waals surface area contributed by atoms with Gasteiger partial charge in [0.25, 0.3) is 17.5 Å². The number of carbonyl (C=O) groups excluding carboxylic acids is 2. The maximum atomic E-state index is 13.5. The summed E-state index contributed by atoms with van der Waals surface area (Å²) >= 11 is 0. The molecule has 0 aromatic heterocycles. The van der Waals surface area contributed by atoms with Crippen molar-refractivity contribution in [3.8, 4) is 0 Å². The fourth-order valence-corrected chi connectivity index (χ4v) is 3.53. The number of anilines is 2. The van der Waals surface area contributed by atoms with Gasteiger partial charge in [0, 0.05) is 17.8 Å². The fraction of sp³-hybridized carbons (Fsp3) is 0.0833. The lowest BCUT2D eigenvalue weighted by Crippen LogP contribution is -2.33. The standard InChI is InChI=1S/C24H19N3O4/c1-15-7-6-10-20(16(15)2)26-23(28)21(17-11-13-19(14-12-17)27(30)31)22(24(26)29)25-18-8-4-3-5-9-18/h3-14,25H,1-2H3. The molecule has 154 valence electrons. The van der Waals surface area contributed by atoms with Crippen LogP contribution in [-0.2, 0) is 9.59 Å². The van der Waals surface area contributed by atoms with E-state index in [1.54, 1.807) is 24.3 Å². The Balaban J connectivity index is 1.85. The molecule has 7 nitrogen and oxygen atoms in total. The molecule has 2 amide bonds. The SMILES string of the molecule is Cc1cccc(N2C(=O)C(Nc3ccccc3)=C(c3ccc([N+](=O)[O-])cc3)C2=O)c1C. The van der Waals surface area contributed by atoms with Crippen molar-refractivity contribution in [2.24, 2.45) is 0 Å². The highest BCUT2D eigenvalue weighted by Gasteiger charge is 2.41. The van der Waals surface area contributed by atoms with Crippen LogP contribution in [0.2, 0.25) is 0 Å². The minimum atomic E-state index is -0.509. The molecule has 4 rings (SSSR count). The van der Waals surface area contributed by atoms with Crippen LogP contribution in [-0.4, -0.2) is 16.7 Å². The number of nitro benzene ring substituents is 1. The van der Waals surface area contributed by atoms with Crippen molar-refractivity contribution >= 4 is 34.4 Å². The smallest absolute Gasteiger partial charge is 0.282 e. The summed E-state index contributed by atoms with van der Waals surface area (Å²) in [6.45, 7) is 3.77. The first-order valence-electron chi connectivity index (χ1n) is 9.64. The zero-order chi connectivity index (χ0) is 22.1. The maximum absolute atomic E-state index is 13.5. The molecule has 7 heteroatoms. The van der Waals surface area contributed by atoms with Crippen LogP contribution in [0.15, 0.2) is 78.5 Å². The molecule has 1 N–H and O–H groups in total. The minimum Gasteiger partial charge on any atom is -0.350 e. The zero-order valence-corrected chi connectivity index (χ0v) is 17.0. The lowest BCUT2D eigenvalue weighted by atomic mass is 10.0. The molecule has 0 fully saturated rings. The van der Waals surface area contributed by atoms with Gasteiger partial charge in [-0.15, -0.1) is 0 Å². The quantitative estimate of drug-likeness (QED) is 0.375. The first-order chi connectivity index (χ1) is 14.9. The summed E-state index contributed by atoms with van der Waals surface area (Å²) in [7, 11) is 0. The lowest BCUT2D eigenvalue weighted by Gasteiger charge is -2.19. The number of nitrogens with zero attached hydrogens (tertiary/aromatic N) is 2. The first-order valence-corrected chi connectivity index (χ1v) is 9.64. The van der Waals surface area contributed by atoms with Crippen LogP contribution in [0, 0.1) is 24.0 Å². The van der Waals surface area contributed by atoms with E-state index in [-0.39, 0.29) is 17.0 Å². The van der Waals surface area contributed by atoms with Crippen molar-refractivity contribution in [1.29, 1.82) is 0 Å². The van der Waals surface area contributed by atoms with Crippen molar-refractivity contribution in [3.05, 3.63) is 105 Å². The number of hydrogen-bond donors (Lipinski definition) is 1. The number of para-hydroxylation sites is 1. The average Bonchev–Trinajstić information content (AvgIpc) is 3.00. The molecule has 0 spiro atoms. The minimum absolute atomic E-state index is 0.0925. The summed E-state index contributed by atoms with van der Waals surface area (Å²) < 4.78 is 0. The third kappa shape index (κ3) is 3.57. The van der Waals surface area contributed by atoms with Crippen LogP contribution in [0.1, 0.15) is 16.7 Å². The molecule has 0 aliphatic carbocycles. The molecule has 3 aromatic rings. The van der Waals surface area contributed by atoms with E-state index in [2.05, 4.69) is 5.32 Å². The molecule has 0 saturated carbocycles. The number of hydrogen-bond acceptors (Lipinski definition) is 5. The fourth-order valence-electron chi connectivity index (χ4n) is 3.53. The molecule has 1 heterocycles. The third-order valence-corrected chi connectivity index (χ3v) is 5.31. The highest BCUT2D eigenvalue weighted by molar-refractivity contribution is 6.46. The van der Waals surface area contributed by atoms with Gasteiger partial charge < -0.3 is 5.32 Å². The predicted molar refractivity (Wildman–Crippen MR) is 118 cm³/mol. The number of carbonyl (C=O) groups is 2. The second kappa shape index (κ2) is 7.87. The van der Waals surface area contributed by atoms with Crippen LogP contribution in [0.3, 0.4) is 0 Å². The van der Waals surface area contributed by atoms with E-state index < -0.39 is 16.7 Å². The Hall–Kier alpha value is -4.26. The van der Waals surface area contributed by atoms with Gasteiger partial charge in [0.05, 0.1) is 16.2 Å². The van der Waals surface area contributed by atoms with Gasteiger partial charge in [0.2, 0.25) is 0 Å². The van der Waals surface area contributed by atoms with Crippen LogP contribution < -0.4 is 10.2 Å². The van der Waals surface area contributed by atoms with Gasteiger partial charge in [-0.3, -0.25) is 19.7 Å². The van der Waals surface area contributed by atoms with Gasteiger partial charge in [-0.1, -0.05) is 30.3 Å². The van der Waals surface area contributed by atoms with Gasteiger partial charge in [-0.05, 0) is 60.9 Å². The zero-order valence-electron chi connectivity index (χ0n) is 17.0. The molecule has 0 bridgehead atoms. The van der Waals surface area contributed by atoms with Crippen LogP contribution >= 0.6 is 0 Å². The summed E-state index contributed by atoms with van der Waals surface area (Å²) in [5, 5.41) is 14.1. The van der Waals surface area contributed by atoms with Crippen LogP contribution in [0.4, 0.5) is 17.1 Å². The summed E-state index contributed by atoms with van der Waals surface area (Å²) in [4.78, 5) is 38.6. The Bertz CT molecular complexity index is 1230. The van der Waals surface area contributed by atoms with Crippen molar-refractivity contribution in [1.82, 2.24) is 0 Å². The number of rotatable bonds is 5. The molecule has 0 unspecified atom stereocenters. The number of non-ortho nitro benzene ring substituents is 1. The predicted octanol–water partition coefficient (Wildman–Crippen LogP) is 4.61. The number of aryl methyl sites for hydroxylation is 1. The summed E-state index contributed by atoms with van der Waals surface area (Å²) in [6.07, 6.45) is 0. The monoisotopic (exact) mass is 413 g/mol. The third-order valence-electron chi connectivity index (χ3n) is 5.31. The van der Waals surface area contributed by atoms with Crippen molar-refractivity contribution in [2.45, 2.75) is 13.8 Å². The maximum Gasteiger partial charge on any atom is 0.282 e. The van der Waals surface area contributed by atoms with Crippen molar-refractivity contribution < 1.29 is 14.5 Å². The van der Waals surface area contributed by atoms with E-state index in [9.17, 15) is 19.7 Å². The molecule has 3 aromatic carbocycles. The number of nitro groups is 1. The van der Waals surface area contributed by atoms with Gasteiger partial charge >= 0.3 is 0 Å². The van der Waals surface area contributed by atoms with E-state index in [0.29, 0.717) is 16.9 Å². The van der Waals surface area contributed by atoms with E-state index in [1.807, 2.05) is 38.1 Å². The summed E-state index contributed by atoms with van der Waals surface area (Å²) in [5.41, 5.74) is 3.59. The summed E-state index contributed by atoms with van der Waals surface area (Å²) in [6, 6.07) is 20.1. The molecular formula is C24H19N3O4. The number of nitrogens with one attached hydrogen (secondary N) is 1. The molecule has 1 aliphatic heterocycles. The van der Waals surface area contributed by atoms with Crippen molar-refractivity contribution in [2.75, 3.05) is 10.2 Å². The molecule has 0 radical (unpaired) electrons. The number of benzene rings is 3. The molecule has 1 aliphatic rings. The van der Waals surface area contributed by atoms with Gasteiger partial charge in [0.15, 0.2) is 0 Å². The highest BCUT2D eigenvalue weighted by atomic mass is 16.6. The topological polar surface area (TPSA) is 92.6 Å². The Morgan fingerprint density at radius 3 is 2.16 bits per heavy atom. The Morgan fingerprint density at radius 1 is 0.839 bits per heavy atom. The summed E-state index contributed by atoms with van der Waals surface area (Å²) in [5.74, 6) is -0.957. The van der Waals surface area contributed by atoms with E-state index >= 15 is 0 Å². The number of amides is 2. The lowest BCUT2D eigenvalue weighted by molar-refractivity contribution is -0.384. The van der Waals surface area contributed by atoms with Gasteiger partial charge in [0.1, 0.15) is 5.70 Å². The molecule has 0 atom stereocenters. The Morgan fingerprint density at radius 2 is 1.52 bits per heavy atom. The first kappa shape index (κ1) is 20.0. The van der Waals surface area contributed by atoms with E-state index in [0.717, 1.165) is 16.0 Å². The average molecular weight is 413 g/mol. The van der Waals surface area contributed by atoms with Crippen molar-refractivity contribution in [3.63, 3.8) is 0 Å². The Kier molecular flexibility index (Phi) is 5.09. The molecule has 0 saturated heterocycles. The van der Waals surface area contributed by atoms with Crippen LogP contribution in [0.5, 0.6) is 0 Å². The molecular weight excluding hydrogens is 394 g/mol.